The van der Waals surface area contributed by atoms with Crippen LogP contribution in [0.2, 0.25) is 0 Å². The number of ether oxygens (including phenoxy) is 1. The maximum absolute atomic E-state index is 5.31. The number of halogens is 1. The summed E-state index contributed by atoms with van der Waals surface area (Å²) < 4.78 is 8.25. The van der Waals surface area contributed by atoms with Crippen LogP contribution in [0.25, 0.3) is 0 Å². The molecule has 1 heterocycles. The molecule has 0 unspecified atom stereocenters. The molecule has 0 fully saturated rings. The molecule has 18 heavy (non-hydrogen) atoms. The molecule has 0 radical (unpaired) electrons. The third kappa shape index (κ3) is 3.04. The monoisotopic (exact) mass is 309 g/mol. The van der Waals surface area contributed by atoms with Gasteiger partial charge in [0.05, 0.1) is 19.0 Å². The molecule has 1 aromatic heterocycles. The third-order valence-electron chi connectivity index (χ3n) is 2.66. The van der Waals surface area contributed by atoms with Gasteiger partial charge in [0.15, 0.2) is 0 Å². The van der Waals surface area contributed by atoms with E-state index in [1.807, 2.05) is 35.3 Å². The Bertz CT molecular complexity index is 525. The van der Waals surface area contributed by atoms with Crippen LogP contribution in [0.3, 0.4) is 0 Å². The largest absolute Gasteiger partial charge is 0.495 e. The van der Waals surface area contributed by atoms with E-state index in [1.165, 1.54) is 0 Å². The molecule has 2 rings (SSSR count). The van der Waals surface area contributed by atoms with Crippen molar-refractivity contribution < 1.29 is 4.74 Å². The molecule has 4 nitrogen and oxygen atoms in total. The van der Waals surface area contributed by atoms with Gasteiger partial charge in [-0.25, -0.2) is 0 Å². The molecule has 0 aliphatic rings. The van der Waals surface area contributed by atoms with Crippen molar-refractivity contribution in [3.63, 3.8) is 0 Å². The molecule has 1 N–H and O–H groups in total. The van der Waals surface area contributed by atoms with Gasteiger partial charge in [0.25, 0.3) is 0 Å². The van der Waals surface area contributed by atoms with E-state index < -0.39 is 0 Å². The van der Waals surface area contributed by atoms with Crippen molar-refractivity contribution >= 4 is 21.6 Å². The first-order valence-electron chi connectivity index (χ1n) is 5.81. The first-order chi connectivity index (χ1) is 8.72. The number of aryl methyl sites for hydroxylation is 1. The molecule has 0 aliphatic heterocycles. The molecule has 0 bridgehead atoms. The second-order valence-corrected chi connectivity index (χ2v) is 4.82. The minimum absolute atomic E-state index is 0.729. The molecule has 0 atom stereocenters. The number of rotatable bonds is 5. The average Bonchev–Trinajstić information content (AvgIpc) is 2.84. The van der Waals surface area contributed by atoms with Gasteiger partial charge >= 0.3 is 0 Å². The van der Waals surface area contributed by atoms with E-state index in [1.54, 1.807) is 7.11 Å². The van der Waals surface area contributed by atoms with Crippen molar-refractivity contribution in [1.29, 1.82) is 0 Å². The minimum atomic E-state index is 0.729. The highest BCUT2D eigenvalue weighted by Gasteiger charge is 2.04. The zero-order valence-corrected chi connectivity index (χ0v) is 12.1. The summed E-state index contributed by atoms with van der Waals surface area (Å²) in [5.74, 6) is 0.834. The Morgan fingerprint density at radius 1 is 1.44 bits per heavy atom. The Morgan fingerprint density at radius 2 is 2.28 bits per heavy atom. The number of aromatic nitrogens is 2. The fraction of sp³-hybridized carbons (Fsp3) is 0.308. The maximum Gasteiger partial charge on any atom is 0.142 e. The van der Waals surface area contributed by atoms with Gasteiger partial charge in [-0.15, -0.1) is 0 Å². The van der Waals surface area contributed by atoms with Crippen LogP contribution in [0, 0.1) is 0 Å². The van der Waals surface area contributed by atoms with E-state index in [2.05, 4.69) is 33.3 Å². The predicted octanol–water partition coefficient (Wildman–Crippen LogP) is 3.29. The van der Waals surface area contributed by atoms with Crippen molar-refractivity contribution in [2.75, 3.05) is 12.4 Å². The van der Waals surface area contributed by atoms with Crippen LogP contribution < -0.4 is 10.1 Å². The second kappa shape index (κ2) is 5.91. The number of benzene rings is 1. The second-order valence-electron chi connectivity index (χ2n) is 3.90. The zero-order valence-electron chi connectivity index (χ0n) is 10.5. The summed E-state index contributed by atoms with van der Waals surface area (Å²) in [6.07, 6.45) is 3.92. The van der Waals surface area contributed by atoms with Crippen LogP contribution in [-0.4, -0.2) is 16.9 Å². The number of anilines is 1. The Hall–Kier alpha value is -1.49. The van der Waals surface area contributed by atoms with E-state index in [-0.39, 0.29) is 0 Å². The number of nitrogens with one attached hydrogen (secondary N) is 1. The number of methoxy groups -OCH3 is 1. The molecule has 0 saturated carbocycles. The molecular formula is C13H16BrN3O. The average molecular weight is 310 g/mol. The normalized spacial score (nSPS) is 10.4. The first kappa shape index (κ1) is 13.0. The summed E-state index contributed by atoms with van der Waals surface area (Å²) in [6.45, 7) is 3.69. The quantitative estimate of drug-likeness (QED) is 0.921. The minimum Gasteiger partial charge on any atom is -0.495 e. The predicted molar refractivity (Wildman–Crippen MR) is 75.9 cm³/mol. The van der Waals surface area contributed by atoms with E-state index in [0.717, 1.165) is 34.6 Å². The van der Waals surface area contributed by atoms with E-state index in [4.69, 9.17) is 4.74 Å². The van der Waals surface area contributed by atoms with E-state index in [0.29, 0.717) is 0 Å². The van der Waals surface area contributed by atoms with Gasteiger partial charge < -0.3 is 10.1 Å². The van der Waals surface area contributed by atoms with E-state index in [9.17, 15) is 0 Å². The van der Waals surface area contributed by atoms with Gasteiger partial charge in [-0.2, -0.15) is 5.10 Å². The lowest BCUT2D eigenvalue weighted by Gasteiger charge is -2.10. The van der Waals surface area contributed by atoms with Crippen LogP contribution in [0.1, 0.15) is 12.5 Å². The summed E-state index contributed by atoms with van der Waals surface area (Å²) in [5.41, 5.74) is 2.12. The van der Waals surface area contributed by atoms with Crippen molar-refractivity contribution in [3.05, 3.63) is 40.6 Å². The number of nitrogens with zero attached hydrogens (tertiary/aromatic N) is 2. The fourth-order valence-electron chi connectivity index (χ4n) is 1.69. The Kier molecular flexibility index (Phi) is 4.25. The van der Waals surface area contributed by atoms with Crippen molar-refractivity contribution in [1.82, 2.24) is 9.78 Å². The summed E-state index contributed by atoms with van der Waals surface area (Å²) >= 11 is 3.46. The van der Waals surface area contributed by atoms with Gasteiger partial charge in [0, 0.05) is 29.3 Å². The third-order valence-corrected chi connectivity index (χ3v) is 3.15. The van der Waals surface area contributed by atoms with Crippen LogP contribution in [0.15, 0.2) is 35.1 Å². The van der Waals surface area contributed by atoms with Gasteiger partial charge in [-0.05, 0) is 25.1 Å². The molecule has 1 aromatic carbocycles. The highest BCUT2D eigenvalue weighted by molar-refractivity contribution is 9.10. The van der Waals surface area contributed by atoms with Crippen LogP contribution in [0.4, 0.5) is 5.69 Å². The summed E-state index contributed by atoms with van der Waals surface area (Å²) in [7, 11) is 1.67. The number of hydrogen-bond donors (Lipinski definition) is 1. The van der Waals surface area contributed by atoms with E-state index >= 15 is 0 Å². The van der Waals surface area contributed by atoms with Gasteiger partial charge in [0.1, 0.15) is 5.75 Å². The summed E-state index contributed by atoms with van der Waals surface area (Å²) in [5, 5.41) is 7.59. The summed E-state index contributed by atoms with van der Waals surface area (Å²) in [6, 6.07) is 5.89. The molecule has 0 spiro atoms. The lowest BCUT2D eigenvalue weighted by Crippen LogP contribution is -2.01. The van der Waals surface area contributed by atoms with Crippen molar-refractivity contribution in [3.8, 4) is 5.75 Å². The molecular weight excluding hydrogens is 294 g/mol. The standard InChI is InChI=1S/C13H16BrN3O/c1-3-17-9-10(8-16-17)7-15-12-6-11(14)4-5-13(12)18-2/h4-6,8-9,15H,3,7H2,1-2H3. The van der Waals surface area contributed by atoms with Gasteiger partial charge in [-0.1, -0.05) is 15.9 Å². The van der Waals surface area contributed by atoms with Crippen LogP contribution in [-0.2, 0) is 13.1 Å². The fourth-order valence-corrected chi connectivity index (χ4v) is 2.05. The van der Waals surface area contributed by atoms with Crippen LogP contribution >= 0.6 is 15.9 Å². The summed E-state index contributed by atoms with van der Waals surface area (Å²) in [4.78, 5) is 0. The SMILES string of the molecule is CCn1cc(CNc2cc(Br)ccc2OC)cn1. The Labute approximate surface area is 115 Å². The van der Waals surface area contributed by atoms with Gasteiger partial charge in [0.2, 0.25) is 0 Å². The molecule has 2 aromatic rings. The molecule has 0 amide bonds. The Morgan fingerprint density at radius 3 is 2.94 bits per heavy atom. The smallest absolute Gasteiger partial charge is 0.142 e. The Balaban J connectivity index is 2.07. The van der Waals surface area contributed by atoms with Gasteiger partial charge in [-0.3, -0.25) is 4.68 Å². The van der Waals surface area contributed by atoms with Crippen LogP contribution in [0.5, 0.6) is 5.75 Å². The molecule has 0 saturated heterocycles. The maximum atomic E-state index is 5.31. The lowest BCUT2D eigenvalue weighted by atomic mass is 10.2. The molecule has 96 valence electrons. The number of hydrogen-bond acceptors (Lipinski definition) is 3. The highest BCUT2D eigenvalue weighted by atomic mass is 79.9. The first-order valence-corrected chi connectivity index (χ1v) is 6.61. The molecule has 0 aliphatic carbocycles. The van der Waals surface area contributed by atoms with Crippen molar-refractivity contribution in [2.45, 2.75) is 20.0 Å². The zero-order chi connectivity index (χ0) is 13.0. The highest BCUT2D eigenvalue weighted by Crippen LogP contribution is 2.28. The molecule has 5 heteroatoms. The van der Waals surface area contributed by atoms with Crippen molar-refractivity contribution in [2.24, 2.45) is 0 Å². The lowest BCUT2D eigenvalue weighted by molar-refractivity contribution is 0.416. The topological polar surface area (TPSA) is 39.1 Å².